The van der Waals surface area contributed by atoms with Gasteiger partial charge in [0.15, 0.2) is 0 Å². The highest BCUT2D eigenvalue weighted by atomic mass is 32.2. The third kappa shape index (κ3) is 4.00. The molecule has 2 N–H and O–H groups in total. The largest absolute Gasteiger partial charge is 0.393 e. The van der Waals surface area contributed by atoms with Gasteiger partial charge in [-0.2, -0.15) is 4.31 Å². The molecule has 0 radical (unpaired) electrons. The lowest BCUT2D eigenvalue weighted by Crippen LogP contribution is -2.42. The van der Waals surface area contributed by atoms with Crippen LogP contribution in [0.4, 0.5) is 0 Å². The summed E-state index contributed by atoms with van der Waals surface area (Å²) in [6.45, 7) is 0.490. The van der Waals surface area contributed by atoms with Crippen molar-refractivity contribution in [1.82, 2.24) is 9.03 Å². The molecule has 9 heteroatoms. The van der Waals surface area contributed by atoms with E-state index < -0.39 is 26.2 Å². The van der Waals surface area contributed by atoms with Gasteiger partial charge in [0.1, 0.15) is 0 Å². The minimum Gasteiger partial charge on any atom is -0.393 e. The van der Waals surface area contributed by atoms with Crippen LogP contribution in [0.5, 0.6) is 0 Å². The van der Waals surface area contributed by atoms with Crippen LogP contribution in [0.25, 0.3) is 0 Å². The van der Waals surface area contributed by atoms with Crippen molar-refractivity contribution < 1.29 is 21.9 Å². The third-order valence-corrected chi connectivity index (χ3v) is 9.77. The fraction of sp³-hybridized carbons (Fsp3) is 0.684. The first-order chi connectivity index (χ1) is 13.3. The van der Waals surface area contributed by atoms with E-state index in [2.05, 4.69) is 4.72 Å². The van der Waals surface area contributed by atoms with Crippen molar-refractivity contribution in [2.75, 3.05) is 13.1 Å². The molecule has 4 rings (SSSR count). The summed E-state index contributed by atoms with van der Waals surface area (Å²) in [5, 5.41) is 9.61. The molecular weight excluding hydrogens is 400 g/mol. The number of rotatable bonds is 4. The summed E-state index contributed by atoms with van der Waals surface area (Å²) in [4.78, 5) is 0.0792. The van der Waals surface area contributed by atoms with E-state index in [1.54, 1.807) is 6.07 Å². The van der Waals surface area contributed by atoms with Crippen LogP contribution in [0.2, 0.25) is 0 Å². The summed E-state index contributed by atoms with van der Waals surface area (Å²) < 4.78 is 55.5. The van der Waals surface area contributed by atoms with E-state index in [4.69, 9.17) is 0 Å². The molecule has 0 spiro atoms. The molecule has 1 aromatic rings. The molecule has 1 aromatic carbocycles. The molecule has 1 saturated heterocycles. The number of hydrogen-bond donors (Lipinski definition) is 2. The Kier molecular flexibility index (Phi) is 5.56. The highest BCUT2D eigenvalue weighted by Crippen LogP contribution is 2.33. The molecule has 1 aliphatic carbocycles. The van der Waals surface area contributed by atoms with Gasteiger partial charge in [-0.05, 0) is 49.3 Å². The van der Waals surface area contributed by atoms with Crippen LogP contribution in [-0.4, -0.2) is 51.5 Å². The summed E-state index contributed by atoms with van der Waals surface area (Å²) in [6.07, 6.45) is 6.51. The molecule has 2 fully saturated rings. The van der Waals surface area contributed by atoms with Gasteiger partial charge in [-0.25, -0.2) is 21.6 Å². The number of fused-ring (bicyclic) bond motifs is 1. The quantitative estimate of drug-likeness (QED) is 0.758. The van der Waals surface area contributed by atoms with Crippen molar-refractivity contribution in [2.45, 2.75) is 73.3 Å². The van der Waals surface area contributed by atoms with Gasteiger partial charge in [-0.1, -0.05) is 31.7 Å². The van der Waals surface area contributed by atoms with Gasteiger partial charge in [-0.15, -0.1) is 0 Å². The summed E-state index contributed by atoms with van der Waals surface area (Å²) in [6, 6.07) is 4.35. The van der Waals surface area contributed by atoms with Gasteiger partial charge in [0.2, 0.25) is 20.0 Å². The minimum atomic E-state index is -3.77. The molecule has 0 amide bonds. The number of nitrogens with one attached hydrogen (secondary N) is 1. The first kappa shape index (κ1) is 20.3. The highest BCUT2D eigenvalue weighted by Gasteiger charge is 2.34. The van der Waals surface area contributed by atoms with Crippen LogP contribution in [0, 0.1) is 5.92 Å². The molecule has 2 heterocycles. The van der Waals surface area contributed by atoms with Gasteiger partial charge in [0.25, 0.3) is 0 Å². The summed E-state index contributed by atoms with van der Waals surface area (Å²) in [7, 11) is -7.50. The van der Waals surface area contributed by atoms with Crippen LogP contribution in [0.3, 0.4) is 0 Å². The predicted octanol–water partition coefficient (Wildman–Crippen LogP) is 1.62. The molecule has 7 nitrogen and oxygen atoms in total. The lowest BCUT2D eigenvalue weighted by Gasteiger charge is -2.30. The van der Waals surface area contributed by atoms with E-state index in [0.29, 0.717) is 30.7 Å². The smallest absolute Gasteiger partial charge is 0.243 e. The van der Waals surface area contributed by atoms with Gasteiger partial charge < -0.3 is 5.11 Å². The number of hydrogen-bond acceptors (Lipinski definition) is 5. The highest BCUT2D eigenvalue weighted by molar-refractivity contribution is 7.90. The fourth-order valence-corrected chi connectivity index (χ4v) is 7.81. The first-order valence-corrected chi connectivity index (χ1v) is 13.0. The normalized spacial score (nSPS) is 27.0. The maximum Gasteiger partial charge on any atom is 0.243 e. The van der Waals surface area contributed by atoms with Gasteiger partial charge in [0, 0.05) is 19.1 Å². The molecular formula is C19H28N2O5S2. The molecule has 1 saturated carbocycles. The summed E-state index contributed by atoms with van der Waals surface area (Å²) in [5.74, 6) is 0.573. The second-order valence-corrected chi connectivity index (χ2v) is 11.9. The Balaban J connectivity index is 1.58. The minimum absolute atomic E-state index is 0.00209. The van der Waals surface area contributed by atoms with Crippen molar-refractivity contribution in [3.63, 3.8) is 0 Å². The van der Waals surface area contributed by atoms with Crippen LogP contribution in [-0.2, 0) is 26.5 Å². The number of aliphatic hydroxyl groups is 1. The summed E-state index contributed by atoms with van der Waals surface area (Å²) >= 11 is 0. The zero-order valence-corrected chi connectivity index (χ0v) is 17.5. The molecule has 0 bridgehead atoms. The van der Waals surface area contributed by atoms with Crippen LogP contribution in [0.15, 0.2) is 28.0 Å². The number of aliphatic hydroxyl groups excluding tert-OH is 1. The molecule has 2 aliphatic heterocycles. The monoisotopic (exact) mass is 428 g/mol. The van der Waals surface area contributed by atoms with Crippen molar-refractivity contribution in [3.05, 3.63) is 23.8 Å². The zero-order valence-electron chi connectivity index (χ0n) is 15.9. The lowest BCUT2D eigenvalue weighted by atomic mass is 9.94. The second-order valence-electron chi connectivity index (χ2n) is 8.31. The maximum absolute atomic E-state index is 12.9. The van der Waals surface area contributed by atoms with E-state index in [1.165, 1.54) is 29.3 Å². The first-order valence-electron chi connectivity index (χ1n) is 10.1. The Morgan fingerprint density at radius 1 is 1.11 bits per heavy atom. The Morgan fingerprint density at radius 2 is 1.79 bits per heavy atom. The van der Waals surface area contributed by atoms with Crippen LogP contribution >= 0.6 is 0 Å². The van der Waals surface area contributed by atoms with E-state index in [0.717, 1.165) is 19.3 Å². The number of benzene rings is 1. The van der Waals surface area contributed by atoms with Gasteiger partial charge >= 0.3 is 0 Å². The van der Waals surface area contributed by atoms with Gasteiger partial charge in [0.05, 0.1) is 15.9 Å². The molecule has 1 atom stereocenters. The lowest BCUT2D eigenvalue weighted by molar-refractivity contribution is 0.113. The van der Waals surface area contributed by atoms with Crippen molar-refractivity contribution in [1.29, 1.82) is 0 Å². The number of sulfonamides is 2. The summed E-state index contributed by atoms with van der Waals surface area (Å²) in [5.41, 5.74) is 0.690. The molecule has 28 heavy (non-hydrogen) atoms. The topological polar surface area (TPSA) is 104 Å². The van der Waals surface area contributed by atoms with E-state index in [1.807, 2.05) is 0 Å². The number of nitrogens with zero attached hydrogens (tertiary/aromatic N) is 1. The predicted molar refractivity (Wildman–Crippen MR) is 105 cm³/mol. The Labute approximate surface area is 167 Å². The Morgan fingerprint density at radius 3 is 2.46 bits per heavy atom. The maximum atomic E-state index is 12.9. The van der Waals surface area contributed by atoms with Gasteiger partial charge in [-0.3, -0.25) is 0 Å². The standard InChI is InChI=1S/C19H28N2O5S2/c22-17-7-9-21(10-8-17)28(25,26)18-6-5-15-12-16(11-14-3-1-2-4-14)20-27(23,24)19(15)13-18/h5-6,13-14,16-17,20,22H,1-4,7-12H2. The Hall–Kier alpha value is -1.00. The van der Waals surface area contributed by atoms with Crippen LogP contribution < -0.4 is 4.72 Å². The van der Waals surface area contributed by atoms with Crippen molar-refractivity contribution >= 4 is 20.0 Å². The van der Waals surface area contributed by atoms with Crippen molar-refractivity contribution in [3.8, 4) is 0 Å². The molecule has 1 unspecified atom stereocenters. The zero-order chi connectivity index (χ0) is 19.9. The second kappa shape index (κ2) is 7.68. The van der Waals surface area contributed by atoms with Crippen molar-refractivity contribution in [2.24, 2.45) is 5.92 Å². The average molecular weight is 429 g/mol. The molecule has 3 aliphatic rings. The number of piperidine rings is 1. The molecule has 0 aromatic heterocycles. The third-order valence-electron chi connectivity index (χ3n) is 6.27. The van der Waals surface area contributed by atoms with Crippen LogP contribution in [0.1, 0.15) is 50.5 Å². The SMILES string of the molecule is O=S1(=O)NC(CC2CCCC2)Cc2ccc(S(=O)(=O)N3CCC(O)CC3)cc21. The van der Waals surface area contributed by atoms with E-state index in [-0.39, 0.29) is 28.9 Å². The Bertz CT molecular complexity index is 931. The van der Waals surface area contributed by atoms with E-state index >= 15 is 0 Å². The molecule has 156 valence electrons. The average Bonchev–Trinajstić information content (AvgIpc) is 3.14. The fourth-order valence-electron chi connectivity index (χ4n) is 4.72. The van der Waals surface area contributed by atoms with E-state index in [9.17, 15) is 21.9 Å².